The quantitative estimate of drug-likeness (QED) is 0.351. The molecule has 0 unspecified atom stereocenters. The van der Waals surface area contributed by atoms with E-state index in [0.717, 1.165) is 34.9 Å². The summed E-state index contributed by atoms with van der Waals surface area (Å²) in [5, 5.41) is 6.63. The van der Waals surface area contributed by atoms with E-state index in [1.54, 1.807) is 35.1 Å². The monoisotopic (exact) mass is 496 g/mol. The second-order valence-corrected chi connectivity index (χ2v) is 9.58. The second kappa shape index (κ2) is 8.85. The van der Waals surface area contributed by atoms with Gasteiger partial charge in [-0.15, -0.1) is 0 Å². The van der Waals surface area contributed by atoms with Gasteiger partial charge in [-0.1, -0.05) is 18.2 Å². The molecule has 9 heteroatoms. The van der Waals surface area contributed by atoms with Crippen LogP contribution in [0.4, 0.5) is 10.2 Å². The van der Waals surface area contributed by atoms with Crippen molar-refractivity contribution in [1.29, 1.82) is 0 Å². The number of halogens is 1. The SMILES string of the molecule is C[C@H](NC(=O)c1cn(C)c2ccc(-c3cnc4nc(NC(=O)C5CC5)cn4c3)cc12)c1cccc(F)c1. The van der Waals surface area contributed by atoms with Gasteiger partial charge < -0.3 is 15.2 Å². The Labute approximate surface area is 212 Å². The number of rotatable bonds is 6. The number of hydrogen-bond donors (Lipinski definition) is 2. The van der Waals surface area contributed by atoms with Crippen LogP contribution in [0.3, 0.4) is 0 Å². The number of nitrogens with one attached hydrogen (secondary N) is 2. The Morgan fingerprint density at radius 3 is 2.70 bits per heavy atom. The predicted octanol–water partition coefficient (Wildman–Crippen LogP) is 4.87. The van der Waals surface area contributed by atoms with Gasteiger partial charge in [0.25, 0.3) is 5.91 Å². The Morgan fingerprint density at radius 1 is 1.08 bits per heavy atom. The van der Waals surface area contributed by atoms with Crippen LogP contribution < -0.4 is 10.6 Å². The maximum atomic E-state index is 13.6. The average Bonchev–Trinajstić information content (AvgIpc) is 3.59. The van der Waals surface area contributed by atoms with E-state index in [4.69, 9.17) is 0 Å². The fraction of sp³-hybridized carbons (Fsp3) is 0.214. The molecule has 2 amide bonds. The summed E-state index contributed by atoms with van der Waals surface area (Å²) < 4.78 is 17.3. The normalized spacial score (nSPS) is 14.1. The topological polar surface area (TPSA) is 93.3 Å². The number of amides is 2. The summed E-state index contributed by atoms with van der Waals surface area (Å²) in [4.78, 5) is 34.2. The number of carbonyl (C=O) groups excluding carboxylic acids is 2. The molecule has 0 radical (unpaired) electrons. The van der Waals surface area contributed by atoms with Gasteiger partial charge in [0, 0.05) is 48.0 Å². The third-order valence-corrected chi connectivity index (χ3v) is 6.77. The Morgan fingerprint density at radius 2 is 1.92 bits per heavy atom. The van der Waals surface area contributed by atoms with Crippen molar-refractivity contribution in [1.82, 2.24) is 24.3 Å². The van der Waals surface area contributed by atoms with Gasteiger partial charge in [-0.05, 0) is 55.2 Å². The molecule has 3 heterocycles. The number of carbonyl (C=O) groups is 2. The first kappa shape index (κ1) is 22.9. The van der Waals surface area contributed by atoms with Crippen molar-refractivity contribution in [3.05, 3.63) is 84.2 Å². The van der Waals surface area contributed by atoms with Crippen molar-refractivity contribution in [2.45, 2.75) is 25.8 Å². The lowest BCUT2D eigenvalue weighted by Crippen LogP contribution is -2.26. The Balaban J connectivity index is 1.29. The van der Waals surface area contributed by atoms with Crippen LogP contribution in [0.15, 0.2) is 67.3 Å². The van der Waals surface area contributed by atoms with Crippen molar-refractivity contribution >= 4 is 34.3 Å². The molecule has 5 aromatic rings. The van der Waals surface area contributed by atoms with Crippen molar-refractivity contribution in [3.63, 3.8) is 0 Å². The largest absolute Gasteiger partial charge is 0.350 e. The molecule has 1 fully saturated rings. The average molecular weight is 497 g/mol. The summed E-state index contributed by atoms with van der Waals surface area (Å²) in [5.74, 6) is 0.478. The van der Waals surface area contributed by atoms with Gasteiger partial charge in [-0.3, -0.25) is 14.0 Å². The molecule has 1 aliphatic rings. The molecule has 37 heavy (non-hydrogen) atoms. The molecule has 0 aliphatic heterocycles. The molecule has 6 rings (SSSR count). The molecule has 1 atom stereocenters. The number of fused-ring (bicyclic) bond motifs is 2. The number of hydrogen-bond acceptors (Lipinski definition) is 4. The zero-order chi connectivity index (χ0) is 25.7. The molecule has 186 valence electrons. The van der Waals surface area contributed by atoms with E-state index in [2.05, 4.69) is 20.6 Å². The van der Waals surface area contributed by atoms with Gasteiger partial charge in [-0.25, -0.2) is 9.37 Å². The second-order valence-electron chi connectivity index (χ2n) is 9.58. The highest BCUT2D eigenvalue weighted by Crippen LogP contribution is 2.31. The van der Waals surface area contributed by atoms with Gasteiger partial charge in [0.2, 0.25) is 11.7 Å². The molecule has 2 aromatic carbocycles. The Hall–Kier alpha value is -4.53. The summed E-state index contributed by atoms with van der Waals surface area (Å²) in [7, 11) is 1.89. The van der Waals surface area contributed by atoms with Gasteiger partial charge in [0.05, 0.1) is 17.8 Å². The zero-order valence-corrected chi connectivity index (χ0v) is 20.4. The minimum atomic E-state index is -0.357. The fourth-order valence-electron chi connectivity index (χ4n) is 4.55. The fourth-order valence-corrected chi connectivity index (χ4v) is 4.55. The lowest BCUT2D eigenvalue weighted by Gasteiger charge is -2.14. The van der Waals surface area contributed by atoms with Gasteiger partial charge in [0.1, 0.15) is 5.82 Å². The Kier molecular flexibility index (Phi) is 5.48. The van der Waals surface area contributed by atoms with Crippen LogP contribution in [0.5, 0.6) is 0 Å². The molecule has 0 bridgehead atoms. The van der Waals surface area contributed by atoms with E-state index in [1.807, 2.05) is 42.9 Å². The van der Waals surface area contributed by atoms with Crippen LogP contribution in [0.25, 0.3) is 27.8 Å². The number of aryl methyl sites for hydroxylation is 1. The summed E-state index contributed by atoms with van der Waals surface area (Å²) in [6.45, 7) is 1.83. The summed E-state index contributed by atoms with van der Waals surface area (Å²) in [6.07, 6.45) is 9.03. The third kappa shape index (κ3) is 4.44. The number of imidazole rings is 1. The highest BCUT2D eigenvalue weighted by molar-refractivity contribution is 6.08. The predicted molar refractivity (Wildman–Crippen MR) is 139 cm³/mol. The number of benzene rings is 2. The van der Waals surface area contributed by atoms with Crippen LogP contribution in [0, 0.1) is 11.7 Å². The first-order chi connectivity index (χ1) is 17.9. The molecule has 0 saturated heterocycles. The molecular formula is C28H25FN6O2. The van der Waals surface area contributed by atoms with E-state index in [1.165, 1.54) is 12.1 Å². The molecule has 8 nitrogen and oxygen atoms in total. The third-order valence-electron chi connectivity index (χ3n) is 6.77. The standard InChI is InChI=1S/C28H25FN6O2/c1-16(18-4-3-5-21(29)10-18)31-27(37)23-14-34(2)24-9-8-19(11-22(23)24)20-12-30-28-33-25(15-35(28)13-20)32-26(36)17-6-7-17/h3-5,8-17H,6-7H2,1-2H3,(H,31,37)(H,32,36)/t16-/m0/s1. The molecule has 2 N–H and O–H groups in total. The van der Waals surface area contributed by atoms with E-state index in [-0.39, 0.29) is 29.6 Å². The summed E-state index contributed by atoms with van der Waals surface area (Å²) in [5.41, 5.74) is 3.87. The van der Waals surface area contributed by atoms with Gasteiger partial charge in [0.15, 0.2) is 5.82 Å². The molecule has 3 aromatic heterocycles. The van der Waals surface area contributed by atoms with E-state index in [0.29, 0.717) is 22.7 Å². The van der Waals surface area contributed by atoms with E-state index in [9.17, 15) is 14.0 Å². The smallest absolute Gasteiger partial charge is 0.253 e. The molecule has 0 spiro atoms. The zero-order valence-electron chi connectivity index (χ0n) is 20.4. The lowest BCUT2D eigenvalue weighted by atomic mass is 10.0. The van der Waals surface area contributed by atoms with E-state index >= 15 is 0 Å². The minimum absolute atomic E-state index is 0.00400. The van der Waals surface area contributed by atoms with Crippen molar-refractivity contribution in [3.8, 4) is 11.1 Å². The van der Waals surface area contributed by atoms with Crippen LogP contribution in [0.1, 0.15) is 41.7 Å². The van der Waals surface area contributed by atoms with Crippen LogP contribution in [-0.4, -0.2) is 30.8 Å². The number of aromatic nitrogens is 4. The van der Waals surface area contributed by atoms with Gasteiger partial charge >= 0.3 is 0 Å². The van der Waals surface area contributed by atoms with Crippen molar-refractivity contribution < 1.29 is 14.0 Å². The highest BCUT2D eigenvalue weighted by Gasteiger charge is 2.30. The first-order valence-electron chi connectivity index (χ1n) is 12.2. The summed E-state index contributed by atoms with van der Waals surface area (Å²) >= 11 is 0. The van der Waals surface area contributed by atoms with Gasteiger partial charge in [-0.2, -0.15) is 4.98 Å². The van der Waals surface area contributed by atoms with Crippen LogP contribution in [0.2, 0.25) is 0 Å². The number of nitrogens with zero attached hydrogens (tertiary/aromatic N) is 4. The number of anilines is 1. The molecule has 1 saturated carbocycles. The van der Waals surface area contributed by atoms with Crippen LogP contribution >= 0.6 is 0 Å². The maximum Gasteiger partial charge on any atom is 0.253 e. The Bertz CT molecular complexity index is 1680. The minimum Gasteiger partial charge on any atom is -0.350 e. The van der Waals surface area contributed by atoms with Crippen molar-refractivity contribution in [2.24, 2.45) is 13.0 Å². The van der Waals surface area contributed by atoms with E-state index < -0.39 is 0 Å². The lowest BCUT2D eigenvalue weighted by molar-refractivity contribution is -0.117. The maximum absolute atomic E-state index is 13.6. The van der Waals surface area contributed by atoms with Crippen LogP contribution in [-0.2, 0) is 11.8 Å². The first-order valence-corrected chi connectivity index (χ1v) is 12.2. The van der Waals surface area contributed by atoms with Crippen molar-refractivity contribution in [2.75, 3.05) is 5.32 Å². The summed E-state index contributed by atoms with van der Waals surface area (Å²) in [6, 6.07) is 11.8. The molecular weight excluding hydrogens is 471 g/mol. The molecule has 1 aliphatic carbocycles. The highest BCUT2D eigenvalue weighted by atomic mass is 19.1.